The molecule has 0 aliphatic heterocycles. The molecule has 0 atom stereocenters. The first-order valence-corrected chi connectivity index (χ1v) is 5.41. The Hall–Kier alpha value is -1.29. The van der Waals surface area contributed by atoms with Crippen LogP contribution in [0.2, 0.25) is 5.15 Å². The fraction of sp³-hybridized carbons (Fsp3) is 0.455. The average molecular weight is 244 g/mol. The normalized spacial score (nSPS) is 10.5. The Morgan fingerprint density at radius 1 is 1.56 bits per heavy atom. The number of aromatic carboxylic acids is 1. The van der Waals surface area contributed by atoms with E-state index >= 15 is 0 Å². The lowest BCUT2D eigenvalue weighted by molar-refractivity contribution is 0.0691. The second-order valence-electron chi connectivity index (χ2n) is 3.82. The highest BCUT2D eigenvalue weighted by molar-refractivity contribution is 6.29. The van der Waals surface area contributed by atoms with E-state index in [4.69, 9.17) is 21.4 Å². The number of carboxylic acids is 1. The highest BCUT2D eigenvalue weighted by Crippen LogP contribution is 2.19. The highest BCUT2D eigenvalue weighted by atomic mass is 35.5. The Balaban J connectivity index is 2.76. The molecular formula is C11H14ClNO3. The summed E-state index contributed by atoms with van der Waals surface area (Å²) in [5, 5.41) is 9.13. The first kappa shape index (κ1) is 12.8. The Labute approximate surface area is 99.2 Å². The number of halogens is 1. The van der Waals surface area contributed by atoms with Crippen LogP contribution in [0.15, 0.2) is 12.1 Å². The molecule has 1 aromatic rings. The van der Waals surface area contributed by atoms with Gasteiger partial charge < -0.3 is 9.84 Å². The number of aromatic nitrogens is 1. The zero-order valence-corrected chi connectivity index (χ0v) is 9.99. The van der Waals surface area contributed by atoms with Crippen molar-refractivity contribution in [2.75, 3.05) is 6.61 Å². The average Bonchev–Trinajstić information content (AvgIpc) is 2.16. The number of ether oxygens (including phenoxy) is 1. The van der Waals surface area contributed by atoms with Gasteiger partial charge in [0.25, 0.3) is 0 Å². The Morgan fingerprint density at radius 3 is 2.81 bits per heavy atom. The summed E-state index contributed by atoms with van der Waals surface area (Å²) in [5.74, 6) is -0.489. The molecule has 0 radical (unpaired) electrons. The third-order valence-electron chi connectivity index (χ3n) is 1.99. The van der Waals surface area contributed by atoms with Gasteiger partial charge in [-0.3, -0.25) is 0 Å². The summed E-state index contributed by atoms with van der Waals surface area (Å²) in [7, 11) is 0. The minimum Gasteiger partial charge on any atom is -0.477 e. The van der Waals surface area contributed by atoms with Gasteiger partial charge in [0.1, 0.15) is 10.7 Å². The van der Waals surface area contributed by atoms with Gasteiger partial charge in [0.15, 0.2) is 0 Å². The summed E-state index contributed by atoms with van der Waals surface area (Å²) in [6.45, 7) is 4.56. The largest absolute Gasteiger partial charge is 0.477 e. The van der Waals surface area contributed by atoms with Crippen LogP contribution >= 0.6 is 11.6 Å². The van der Waals surface area contributed by atoms with Gasteiger partial charge in [-0.1, -0.05) is 25.4 Å². The van der Waals surface area contributed by atoms with Gasteiger partial charge in [0.2, 0.25) is 5.88 Å². The van der Waals surface area contributed by atoms with Crippen molar-refractivity contribution in [2.24, 2.45) is 5.92 Å². The van der Waals surface area contributed by atoms with Gasteiger partial charge in [-0.15, -0.1) is 0 Å². The summed E-state index contributed by atoms with van der Waals surface area (Å²) >= 11 is 5.68. The maximum absolute atomic E-state index is 10.9. The fourth-order valence-corrected chi connectivity index (χ4v) is 1.22. The molecule has 0 aliphatic carbocycles. The van der Waals surface area contributed by atoms with Crippen molar-refractivity contribution in [3.05, 3.63) is 22.8 Å². The SMILES string of the molecule is CC(C)CCOc1nc(Cl)ccc1C(=O)O. The minimum atomic E-state index is -1.07. The number of carbonyl (C=O) groups is 1. The van der Waals surface area contributed by atoms with Crippen LogP contribution in [0, 0.1) is 5.92 Å². The van der Waals surface area contributed by atoms with E-state index < -0.39 is 5.97 Å². The third-order valence-corrected chi connectivity index (χ3v) is 2.20. The first-order valence-electron chi connectivity index (χ1n) is 5.03. The van der Waals surface area contributed by atoms with E-state index in [1.165, 1.54) is 12.1 Å². The van der Waals surface area contributed by atoms with Gasteiger partial charge >= 0.3 is 5.97 Å². The highest BCUT2D eigenvalue weighted by Gasteiger charge is 2.13. The zero-order valence-electron chi connectivity index (χ0n) is 9.24. The monoisotopic (exact) mass is 243 g/mol. The molecule has 1 N–H and O–H groups in total. The van der Waals surface area contributed by atoms with Crippen LogP contribution in [0.4, 0.5) is 0 Å². The molecule has 1 rings (SSSR count). The molecule has 0 unspecified atom stereocenters. The lowest BCUT2D eigenvalue weighted by Gasteiger charge is -2.09. The lowest BCUT2D eigenvalue weighted by Crippen LogP contribution is -2.08. The minimum absolute atomic E-state index is 0.0353. The van der Waals surface area contributed by atoms with Crippen LogP contribution < -0.4 is 4.74 Å². The summed E-state index contributed by atoms with van der Waals surface area (Å²) in [6.07, 6.45) is 0.841. The van der Waals surface area contributed by atoms with Gasteiger partial charge in [0.05, 0.1) is 6.61 Å². The molecule has 1 heterocycles. The van der Waals surface area contributed by atoms with Crippen molar-refractivity contribution in [1.82, 2.24) is 4.98 Å². The van der Waals surface area contributed by atoms with Crippen molar-refractivity contribution >= 4 is 17.6 Å². The summed E-state index contributed by atoms with van der Waals surface area (Å²) in [5.41, 5.74) is 0.0353. The van der Waals surface area contributed by atoms with Gasteiger partial charge in [0, 0.05) is 0 Å². The molecule has 88 valence electrons. The first-order chi connectivity index (χ1) is 7.50. The van der Waals surface area contributed by atoms with E-state index in [0.717, 1.165) is 6.42 Å². The van der Waals surface area contributed by atoms with Gasteiger partial charge in [-0.05, 0) is 24.5 Å². The molecule has 1 aromatic heterocycles. The molecule has 0 amide bonds. The molecular weight excluding hydrogens is 230 g/mol. The standard InChI is InChI=1S/C11H14ClNO3/c1-7(2)5-6-16-10-8(11(14)15)3-4-9(12)13-10/h3-4,7H,5-6H2,1-2H3,(H,14,15). The number of nitrogens with zero attached hydrogens (tertiary/aromatic N) is 1. The van der Waals surface area contributed by atoms with Gasteiger partial charge in [-0.2, -0.15) is 0 Å². The van der Waals surface area contributed by atoms with Crippen molar-refractivity contribution in [1.29, 1.82) is 0 Å². The van der Waals surface area contributed by atoms with E-state index in [-0.39, 0.29) is 16.6 Å². The number of pyridine rings is 1. The van der Waals surface area contributed by atoms with Crippen LogP contribution in [0.25, 0.3) is 0 Å². The van der Waals surface area contributed by atoms with Crippen LogP contribution in [0.3, 0.4) is 0 Å². The number of rotatable bonds is 5. The topological polar surface area (TPSA) is 59.4 Å². The number of carboxylic acid groups (broad SMARTS) is 1. The van der Waals surface area contributed by atoms with Crippen molar-refractivity contribution in [2.45, 2.75) is 20.3 Å². The Morgan fingerprint density at radius 2 is 2.25 bits per heavy atom. The van der Waals surface area contributed by atoms with Crippen LogP contribution in [0.5, 0.6) is 5.88 Å². The van der Waals surface area contributed by atoms with Crippen molar-refractivity contribution in [3.63, 3.8) is 0 Å². The Kier molecular flexibility index (Phi) is 4.55. The van der Waals surface area contributed by atoms with E-state index in [2.05, 4.69) is 18.8 Å². The summed E-state index contributed by atoms with van der Waals surface area (Å²) in [6, 6.07) is 2.82. The molecule has 0 spiro atoms. The molecule has 0 saturated heterocycles. The van der Waals surface area contributed by atoms with E-state index in [9.17, 15) is 4.79 Å². The Bertz CT molecular complexity index is 379. The molecule has 4 nitrogen and oxygen atoms in total. The van der Waals surface area contributed by atoms with E-state index in [1.807, 2.05) is 0 Å². The van der Waals surface area contributed by atoms with E-state index in [1.54, 1.807) is 0 Å². The quantitative estimate of drug-likeness (QED) is 0.808. The van der Waals surface area contributed by atoms with Crippen LogP contribution in [-0.4, -0.2) is 22.7 Å². The fourth-order valence-electron chi connectivity index (χ4n) is 1.08. The van der Waals surface area contributed by atoms with Crippen LogP contribution in [-0.2, 0) is 0 Å². The van der Waals surface area contributed by atoms with Crippen molar-refractivity contribution < 1.29 is 14.6 Å². The van der Waals surface area contributed by atoms with E-state index in [0.29, 0.717) is 12.5 Å². The van der Waals surface area contributed by atoms with Gasteiger partial charge in [-0.25, -0.2) is 9.78 Å². The summed E-state index contributed by atoms with van der Waals surface area (Å²) in [4.78, 5) is 14.7. The molecule has 0 aromatic carbocycles. The molecule has 16 heavy (non-hydrogen) atoms. The predicted octanol–water partition coefficient (Wildman–Crippen LogP) is 2.86. The lowest BCUT2D eigenvalue weighted by atomic mass is 10.1. The maximum atomic E-state index is 10.9. The predicted molar refractivity (Wildman–Crippen MR) is 61.2 cm³/mol. The number of hydrogen-bond donors (Lipinski definition) is 1. The maximum Gasteiger partial charge on any atom is 0.341 e. The molecule has 5 heteroatoms. The molecule has 0 bridgehead atoms. The molecule has 0 saturated carbocycles. The number of hydrogen-bond acceptors (Lipinski definition) is 3. The summed E-state index contributed by atoms with van der Waals surface area (Å²) < 4.78 is 5.31. The molecule has 0 aliphatic rings. The zero-order chi connectivity index (χ0) is 12.1. The smallest absolute Gasteiger partial charge is 0.341 e. The molecule has 0 fully saturated rings. The second kappa shape index (κ2) is 5.70. The van der Waals surface area contributed by atoms with Crippen LogP contribution in [0.1, 0.15) is 30.6 Å². The second-order valence-corrected chi connectivity index (χ2v) is 4.21. The third kappa shape index (κ3) is 3.70. The van der Waals surface area contributed by atoms with Crippen molar-refractivity contribution in [3.8, 4) is 5.88 Å².